The van der Waals surface area contributed by atoms with E-state index in [2.05, 4.69) is 10.3 Å². The highest BCUT2D eigenvalue weighted by molar-refractivity contribution is 5.84. The van der Waals surface area contributed by atoms with Gasteiger partial charge in [-0.05, 0) is 35.7 Å². The van der Waals surface area contributed by atoms with Crippen LogP contribution in [0.15, 0.2) is 54.7 Å². The minimum atomic E-state index is -4.39. The summed E-state index contributed by atoms with van der Waals surface area (Å²) in [4.78, 5) is 15.5. The van der Waals surface area contributed by atoms with Crippen molar-refractivity contribution in [1.82, 2.24) is 10.3 Å². The number of hydrogen-bond acceptors (Lipinski definition) is 1. The van der Waals surface area contributed by atoms with Gasteiger partial charge in [-0.15, -0.1) is 0 Å². The largest absolute Gasteiger partial charge is 0.416 e. The van der Waals surface area contributed by atoms with Crippen LogP contribution in [0.4, 0.5) is 13.2 Å². The average Bonchev–Trinajstić information content (AvgIpc) is 3.02. The van der Waals surface area contributed by atoms with E-state index in [9.17, 15) is 18.0 Å². The van der Waals surface area contributed by atoms with Gasteiger partial charge in [0, 0.05) is 29.6 Å². The van der Waals surface area contributed by atoms with Crippen LogP contribution in [0.1, 0.15) is 23.6 Å². The molecule has 2 aromatic carbocycles. The maximum Gasteiger partial charge on any atom is 0.416 e. The number of fused-ring (bicyclic) bond motifs is 1. The number of benzene rings is 2. The fourth-order valence-corrected chi connectivity index (χ4v) is 2.94. The summed E-state index contributed by atoms with van der Waals surface area (Å²) >= 11 is 0. The smallest absolute Gasteiger partial charge is 0.361 e. The number of carbonyl (C=O) groups is 1. The van der Waals surface area contributed by atoms with E-state index in [-0.39, 0.29) is 18.4 Å². The first-order valence-corrected chi connectivity index (χ1v) is 8.33. The number of carbonyl (C=O) groups excluding carboxylic acids is 1. The van der Waals surface area contributed by atoms with Gasteiger partial charge in [-0.1, -0.05) is 37.3 Å². The second kappa shape index (κ2) is 7.23. The van der Waals surface area contributed by atoms with Gasteiger partial charge in [-0.3, -0.25) is 4.79 Å². The van der Waals surface area contributed by atoms with E-state index in [1.165, 1.54) is 6.07 Å². The molecule has 136 valence electrons. The standard InChI is InChI=1S/C20H19F3N2O/c1-13(9-15-12-24-18-8-3-2-7-17(15)18)19(26)25-11-14-5-4-6-16(10-14)20(21,22)23/h2-8,10,12-13,24H,9,11H2,1H3,(H,25,26). The summed E-state index contributed by atoms with van der Waals surface area (Å²) < 4.78 is 38.2. The van der Waals surface area contributed by atoms with Gasteiger partial charge >= 0.3 is 6.18 Å². The van der Waals surface area contributed by atoms with Crippen molar-refractivity contribution < 1.29 is 18.0 Å². The molecule has 1 heterocycles. The Morgan fingerprint density at radius 1 is 1.15 bits per heavy atom. The lowest BCUT2D eigenvalue weighted by Gasteiger charge is -2.13. The van der Waals surface area contributed by atoms with Gasteiger partial charge in [-0.2, -0.15) is 13.2 Å². The van der Waals surface area contributed by atoms with Crippen molar-refractivity contribution in [1.29, 1.82) is 0 Å². The molecule has 3 rings (SSSR count). The van der Waals surface area contributed by atoms with E-state index in [1.54, 1.807) is 6.07 Å². The molecule has 0 aliphatic heterocycles. The first kappa shape index (κ1) is 18.0. The van der Waals surface area contributed by atoms with Crippen LogP contribution in [0.2, 0.25) is 0 Å². The SMILES string of the molecule is CC(Cc1c[nH]c2ccccc12)C(=O)NCc1cccc(C(F)(F)F)c1. The minimum absolute atomic E-state index is 0.0704. The Labute approximate surface area is 149 Å². The molecule has 26 heavy (non-hydrogen) atoms. The number of H-pyrrole nitrogens is 1. The number of nitrogens with one attached hydrogen (secondary N) is 2. The van der Waals surface area contributed by atoms with Crippen molar-refractivity contribution >= 4 is 16.8 Å². The molecule has 0 saturated heterocycles. The Morgan fingerprint density at radius 3 is 2.69 bits per heavy atom. The normalized spacial score (nSPS) is 12.9. The molecule has 1 atom stereocenters. The zero-order valence-corrected chi connectivity index (χ0v) is 14.2. The van der Waals surface area contributed by atoms with E-state index in [0.29, 0.717) is 12.0 Å². The van der Waals surface area contributed by atoms with Gasteiger partial charge in [-0.25, -0.2) is 0 Å². The number of aromatic amines is 1. The number of para-hydroxylation sites is 1. The number of amides is 1. The summed E-state index contributed by atoms with van der Waals surface area (Å²) in [5, 5.41) is 3.80. The number of alkyl halides is 3. The van der Waals surface area contributed by atoms with Crippen LogP contribution >= 0.6 is 0 Å². The molecule has 3 aromatic rings. The molecule has 0 saturated carbocycles. The average molecular weight is 360 g/mol. The number of hydrogen-bond donors (Lipinski definition) is 2. The van der Waals surface area contributed by atoms with E-state index in [4.69, 9.17) is 0 Å². The molecule has 6 heteroatoms. The highest BCUT2D eigenvalue weighted by atomic mass is 19.4. The fraction of sp³-hybridized carbons (Fsp3) is 0.250. The molecule has 3 nitrogen and oxygen atoms in total. The maximum absolute atomic E-state index is 12.7. The van der Waals surface area contributed by atoms with Gasteiger partial charge in [0.15, 0.2) is 0 Å². The van der Waals surface area contributed by atoms with E-state index in [1.807, 2.05) is 37.4 Å². The van der Waals surface area contributed by atoms with Crippen molar-refractivity contribution in [3.05, 3.63) is 71.4 Å². The van der Waals surface area contributed by atoms with Crippen molar-refractivity contribution in [3.8, 4) is 0 Å². The zero-order chi connectivity index (χ0) is 18.7. The Morgan fingerprint density at radius 2 is 1.92 bits per heavy atom. The van der Waals surface area contributed by atoms with Crippen LogP contribution < -0.4 is 5.32 Å². The third kappa shape index (κ3) is 4.07. The molecule has 0 fully saturated rings. The van der Waals surface area contributed by atoms with Crippen LogP contribution in [0.25, 0.3) is 10.9 Å². The zero-order valence-electron chi connectivity index (χ0n) is 14.2. The summed E-state index contributed by atoms with van der Waals surface area (Å²) in [6.45, 7) is 1.88. The van der Waals surface area contributed by atoms with Crippen molar-refractivity contribution in [2.45, 2.75) is 26.1 Å². The fourth-order valence-electron chi connectivity index (χ4n) is 2.94. The van der Waals surface area contributed by atoms with E-state index in [0.717, 1.165) is 28.6 Å². The third-order valence-electron chi connectivity index (χ3n) is 4.37. The molecule has 0 spiro atoms. The Bertz CT molecular complexity index is 915. The van der Waals surface area contributed by atoms with Crippen molar-refractivity contribution in [2.75, 3.05) is 0 Å². The summed E-state index contributed by atoms with van der Waals surface area (Å²) in [6, 6.07) is 12.8. The maximum atomic E-state index is 12.7. The molecule has 1 aromatic heterocycles. The predicted octanol–water partition coefficient (Wildman–Crippen LogP) is 4.68. The monoisotopic (exact) mass is 360 g/mol. The Kier molecular flexibility index (Phi) is 5.02. The molecule has 1 unspecified atom stereocenters. The van der Waals surface area contributed by atoms with Crippen LogP contribution in [0.3, 0.4) is 0 Å². The topological polar surface area (TPSA) is 44.9 Å². The van der Waals surface area contributed by atoms with Crippen molar-refractivity contribution in [3.63, 3.8) is 0 Å². The van der Waals surface area contributed by atoms with Gasteiger partial charge in [0.1, 0.15) is 0 Å². The first-order valence-electron chi connectivity index (χ1n) is 8.33. The van der Waals surface area contributed by atoms with Crippen LogP contribution in [0.5, 0.6) is 0 Å². The molecule has 0 aliphatic rings. The lowest BCUT2D eigenvalue weighted by Crippen LogP contribution is -2.29. The third-order valence-corrected chi connectivity index (χ3v) is 4.37. The lowest BCUT2D eigenvalue weighted by atomic mass is 9.99. The summed E-state index contributed by atoms with van der Waals surface area (Å²) in [6.07, 6.45) is -1.94. The molecule has 0 radical (unpaired) electrons. The Balaban J connectivity index is 1.61. The Hall–Kier alpha value is -2.76. The molecule has 1 amide bonds. The molecule has 0 bridgehead atoms. The lowest BCUT2D eigenvalue weighted by molar-refractivity contribution is -0.137. The number of aromatic nitrogens is 1. The van der Waals surface area contributed by atoms with E-state index < -0.39 is 11.7 Å². The molecule has 0 aliphatic carbocycles. The van der Waals surface area contributed by atoms with Crippen LogP contribution in [-0.2, 0) is 23.9 Å². The van der Waals surface area contributed by atoms with Gasteiger partial charge in [0.2, 0.25) is 5.91 Å². The van der Waals surface area contributed by atoms with Crippen LogP contribution in [-0.4, -0.2) is 10.9 Å². The van der Waals surface area contributed by atoms with E-state index >= 15 is 0 Å². The molecular weight excluding hydrogens is 341 g/mol. The van der Waals surface area contributed by atoms with Crippen LogP contribution in [0, 0.1) is 5.92 Å². The molecular formula is C20H19F3N2O. The van der Waals surface area contributed by atoms with Gasteiger partial charge in [0.05, 0.1) is 5.56 Å². The number of halogens is 3. The van der Waals surface area contributed by atoms with Gasteiger partial charge in [0.25, 0.3) is 0 Å². The summed E-state index contributed by atoms with van der Waals surface area (Å²) in [7, 11) is 0. The predicted molar refractivity (Wildman–Crippen MR) is 94.5 cm³/mol. The summed E-state index contributed by atoms with van der Waals surface area (Å²) in [5.74, 6) is -0.479. The van der Waals surface area contributed by atoms with Gasteiger partial charge < -0.3 is 10.3 Å². The quantitative estimate of drug-likeness (QED) is 0.682. The second-order valence-corrected chi connectivity index (χ2v) is 6.38. The van der Waals surface area contributed by atoms with Crippen molar-refractivity contribution in [2.24, 2.45) is 5.92 Å². The summed E-state index contributed by atoms with van der Waals surface area (Å²) in [5.41, 5.74) is 1.77. The minimum Gasteiger partial charge on any atom is -0.361 e. The highest BCUT2D eigenvalue weighted by Gasteiger charge is 2.30. The number of rotatable bonds is 5. The first-order chi connectivity index (χ1) is 12.3. The molecule has 2 N–H and O–H groups in total. The second-order valence-electron chi connectivity index (χ2n) is 6.38. The highest BCUT2D eigenvalue weighted by Crippen LogP contribution is 2.29.